The van der Waals surface area contributed by atoms with E-state index in [1.807, 2.05) is 120 Å². The fourth-order valence-corrected chi connectivity index (χ4v) is 8.26. The van der Waals surface area contributed by atoms with Gasteiger partial charge in [0.2, 0.25) is 0 Å². The summed E-state index contributed by atoms with van der Waals surface area (Å²) in [7, 11) is 3.30. The number of hydrogen-bond acceptors (Lipinski definition) is 14. The molecule has 0 aliphatic carbocycles. The van der Waals surface area contributed by atoms with Crippen LogP contribution in [0.1, 0.15) is 99.3 Å². The minimum Gasteiger partial charge on any atom is -0.393 e. The zero-order valence-electron chi connectivity index (χ0n) is 39.5. The van der Waals surface area contributed by atoms with Gasteiger partial charge in [-0.1, -0.05) is 106 Å². The van der Waals surface area contributed by atoms with Crippen LogP contribution in [0.25, 0.3) is 0 Å². The number of allylic oxidation sites excluding steroid dienone is 12. The lowest BCUT2D eigenvalue weighted by Gasteiger charge is -2.47. The Bertz CT molecular complexity index is 1500. The molecule has 2 fully saturated rings. The lowest BCUT2D eigenvalue weighted by molar-refractivity contribution is -0.283. The van der Waals surface area contributed by atoms with E-state index >= 15 is 0 Å². The Balaban J connectivity index is 2.06. The molecule has 2 saturated heterocycles. The smallest absolute Gasteiger partial charge is 0.186 e. The summed E-state index contributed by atoms with van der Waals surface area (Å²) < 4.78 is 24.3. The zero-order valence-corrected chi connectivity index (χ0v) is 39.5. The summed E-state index contributed by atoms with van der Waals surface area (Å²) in [5, 5.41) is 88.1. The second-order valence-corrected chi connectivity index (χ2v) is 18.1. The minimum absolute atomic E-state index is 0.00754. The Morgan fingerprint density at radius 3 is 1.83 bits per heavy atom. The first-order valence-corrected chi connectivity index (χ1v) is 23.1. The predicted molar refractivity (Wildman–Crippen MR) is 249 cm³/mol. The molecule has 18 unspecified atom stereocenters. The van der Waals surface area contributed by atoms with Crippen LogP contribution in [-0.2, 0) is 23.7 Å². The highest BCUT2D eigenvalue weighted by Gasteiger charge is 2.46. The number of carbonyl (C=O) groups excluding carboxylic acids is 1. The van der Waals surface area contributed by atoms with Crippen LogP contribution < -0.4 is 5.32 Å². The van der Waals surface area contributed by atoms with Crippen LogP contribution in [0.3, 0.4) is 0 Å². The number of ether oxygens (including phenoxy) is 4. The van der Waals surface area contributed by atoms with Crippen LogP contribution in [0, 0.1) is 17.8 Å². The van der Waals surface area contributed by atoms with Gasteiger partial charge in [0.15, 0.2) is 6.29 Å². The number of aldehydes is 1. The van der Waals surface area contributed by atoms with Gasteiger partial charge in [-0.05, 0) is 59.9 Å². The molecule has 18 atom stereocenters. The largest absolute Gasteiger partial charge is 0.393 e. The van der Waals surface area contributed by atoms with E-state index in [9.17, 15) is 45.6 Å². The minimum atomic E-state index is -1.18. The standard InChI is InChI=1S/C50H83NO13/c1-33(46(58)34(2)36(4)61-8)22-19-17-15-13-11-9-10-12-14-16-18-20-25-42(63-49-48(60)45(51-7)47(59)37(5)62-49)30-44-35(3)43(57)32-50(6,64-44)31-41(56)29-39(54)24-21-23-38(53)28-40(55)26-27-52/h9-20,22,25,27,33-49,51,53-60H,21,23-24,26,28-32H2,1-8H3/b10-9+,13-11+,14-12+,17-15+,18-16+,22-19+,25-20+. The van der Waals surface area contributed by atoms with Crippen molar-refractivity contribution in [2.24, 2.45) is 17.8 Å². The number of methoxy groups -OCH3 is 1. The van der Waals surface area contributed by atoms with Gasteiger partial charge in [0.1, 0.15) is 12.4 Å². The fourth-order valence-electron chi connectivity index (χ4n) is 8.26. The number of likely N-dealkylation sites (N-methyl/N-ethyl adjacent to an activating group) is 1. The van der Waals surface area contributed by atoms with Gasteiger partial charge in [-0.2, -0.15) is 0 Å². The normalized spacial score (nSPS) is 31.7. The van der Waals surface area contributed by atoms with Gasteiger partial charge in [-0.15, -0.1) is 0 Å². The summed E-state index contributed by atoms with van der Waals surface area (Å²) in [6, 6.07) is -0.689. The van der Waals surface area contributed by atoms with E-state index in [0.29, 0.717) is 25.5 Å². The van der Waals surface area contributed by atoms with Crippen molar-refractivity contribution in [3.63, 3.8) is 0 Å². The Morgan fingerprint density at radius 1 is 0.766 bits per heavy atom. The number of carbonyl (C=O) groups is 1. The van der Waals surface area contributed by atoms with Crippen molar-refractivity contribution in [3.8, 4) is 0 Å². The molecule has 2 heterocycles. The van der Waals surface area contributed by atoms with E-state index in [1.165, 1.54) is 0 Å². The number of aliphatic hydroxyl groups excluding tert-OH is 8. The monoisotopic (exact) mass is 906 g/mol. The van der Waals surface area contributed by atoms with E-state index in [0.717, 1.165) is 0 Å². The van der Waals surface area contributed by atoms with Crippen LogP contribution in [0.15, 0.2) is 85.1 Å². The third-order valence-corrected chi connectivity index (χ3v) is 12.6. The van der Waals surface area contributed by atoms with Crippen molar-refractivity contribution in [3.05, 3.63) is 85.1 Å². The maximum absolute atomic E-state index is 11.2. The fraction of sp³-hybridized carbons (Fsp3) is 0.700. The highest BCUT2D eigenvalue weighted by Crippen LogP contribution is 2.39. The topological polar surface area (TPSA) is 228 Å². The van der Waals surface area contributed by atoms with Crippen LogP contribution in [-0.4, -0.2) is 152 Å². The maximum Gasteiger partial charge on any atom is 0.186 e. The molecule has 0 bridgehead atoms. The van der Waals surface area contributed by atoms with E-state index in [-0.39, 0.29) is 62.4 Å². The van der Waals surface area contributed by atoms with Crippen LogP contribution in [0.2, 0.25) is 0 Å². The van der Waals surface area contributed by atoms with Gasteiger partial charge >= 0.3 is 0 Å². The van der Waals surface area contributed by atoms with Gasteiger partial charge < -0.3 is 69.9 Å². The average molecular weight is 906 g/mol. The predicted octanol–water partition coefficient (Wildman–Crippen LogP) is 4.30. The highest BCUT2D eigenvalue weighted by atomic mass is 16.7. The zero-order chi connectivity index (χ0) is 47.8. The summed E-state index contributed by atoms with van der Waals surface area (Å²) in [5.41, 5.74) is -0.933. The molecule has 0 aromatic rings. The molecule has 2 rings (SSSR count). The van der Waals surface area contributed by atoms with Crippen molar-refractivity contribution in [1.29, 1.82) is 0 Å². The first-order valence-electron chi connectivity index (χ1n) is 23.1. The van der Waals surface area contributed by atoms with E-state index in [4.69, 9.17) is 18.9 Å². The molecule has 2 aliphatic heterocycles. The summed E-state index contributed by atoms with van der Waals surface area (Å²) in [4.78, 5) is 10.6. The molecule has 64 heavy (non-hydrogen) atoms. The lowest BCUT2D eigenvalue weighted by atomic mass is 9.79. The van der Waals surface area contributed by atoms with Crippen LogP contribution in [0.5, 0.6) is 0 Å². The molecule has 0 spiro atoms. The molecule has 0 aromatic carbocycles. The molecule has 9 N–H and O–H groups in total. The number of aliphatic hydroxyl groups is 8. The second-order valence-electron chi connectivity index (χ2n) is 18.1. The molecule has 0 amide bonds. The molecule has 366 valence electrons. The van der Waals surface area contributed by atoms with Gasteiger partial charge in [0.25, 0.3) is 0 Å². The quantitative estimate of drug-likeness (QED) is 0.0377. The summed E-state index contributed by atoms with van der Waals surface area (Å²) >= 11 is 0. The number of nitrogens with one attached hydrogen (secondary N) is 1. The molecule has 0 radical (unpaired) electrons. The van der Waals surface area contributed by atoms with Gasteiger partial charge in [-0.3, -0.25) is 0 Å². The first kappa shape index (κ1) is 57.5. The Hall–Kier alpha value is -2.67. The Kier molecular flexibility index (Phi) is 27.5. The SMILES string of the molecule is CNC1C(O)C(C)OC(OC(/C=C/C=C/C=C/C=C/C=C/C=C/C=C/C(C)C(O)C(C)C(C)OC)CC2OC(C)(CC(O)CC(O)CCCC(O)CC(O)CC=O)CC(O)C2C)C1O. The summed E-state index contributed by atoms with van der Waals surface area (Å²) in [6.07, 6.45) is 19.3. The van der Waals surface area contributed by atoms with Crippen LogP contribution >= 0.6 is 0 Å². The third kappa shape index (κ3) is 20.9. The average Bonchev–Trinajstić information content (AvgIpc) is 3.23. The molecule has 2 aliphatic rings. The van der Waals surface area contributed by atoms with Gasteiger partial charge in [0, 0.05) is 50.5 Å². The van der Waals surface area contributed by atoms with Crippen molar-refractivity contribution in [1.82, 2.24) is 5.32 Å². The first-order chi connectivity index (χ1) is 30.4. The summed E-state index contributed by atoms with van der Waals surface area (Å²) in [5.74, 6) is -0.292. The lowest BCUT2D eigenvalue weighted by Crippen LogP contribution is -2.62. The van der Waals surface area contributed by atoms with E-state index < -0.39 is 85.1 Å². The molecule has 14 nitrogen and oxygen atoms in total. The maximum atomic E-state index is 11.2. The molecular formula is C50H83NO13. The molecule has 14 heteroatoms. The summed E-state index contributed by atoms with van der Waals surface area (Å²) in [6.45, 7) is 11.4. The Labute approximate surface area is 382 Å². The van der Waals surface area contributed by atoms with Crippen molar-refractivity contribution in [2.75, 3.05) is 14.2 Å². The van der Waals surface area contributed by atoms with Crippen LogP contribution in [0.4, 0.5) is 0 Å². The van der Waals surface area contributed by atoms with Gasteiger partial charge in [0.05, 0.1) is 78.8 Å². The second kappa shape index (κ2) is 30.6. The molecule has 0 saturated carbocycles. The number of rotatable bonds is 29. The number of hydrogen-bond donors (Lipinski definition) is 9. The Morgan fingerprint density at radius 2 is 1.30 bits per heavy atom. The molecule has 0 aromatic heterocycles. The molecular weight excluding hydrogens is 823 g/mol. The van der Waals surface area contributed by atoms with E-state index in [2.05, 4.69) is 5.32 Å². The van der Waals surface area contributed by atoms with Crippen molar-refractivity contribution in [2.45, 2.75) is 191 Å². The van der Waals surface area contributed by atoms with E-state index in [1.54, 1.807) is 21.1 Å². The highest BCUT2D eigenvalue weighted by molar-refractivity contribution is 5.50. The van der Waals surface area contributed by atoms with Crippen molar-refractivity contribution < 1.29 is 64.6 Å². The third-order valence-electron chi connectivity index (χ3n) is 12.6. The van der Waals surface area contributed by atoms with Crippen molar-refractivity contribution >= 4 is 6.29 Å². The van der Waals surface area contributed by atoms with Gasteiger partial charge in [-0.25, -0.2) is 0 Å².